The molecule has 0 radical (unpaired) electrons. The van der Waals surface area contributed by atoms with Crippen LogP contribution in [0.2, 0.25) is 5.02 Å². The van der Waals surface area contributed by atoms with E-state index in [1.165, 1.54) is 11.1 Å². The zero-order valence-electron chi connectivity index (χ0n) is 20.8. The highest BCUT2D eigenvalue weighted by Crippen LogP contribution is 2.37. The van der Waals surface area contributed by atoms with Gasteiger partial charge in [-0.3, -0.25) is 4.79 Å². The zero-order valence-corrected chi connectivity index (χ0v) is 24.7. The summed E-state index contributed by atoms with van der Waals surface area (Å²) in [5.74, 6) is 2.05. The van der Waals surface area contributed by atoms with Crippen molar-refractivity contribution in [3.8, 4) is 11.5 Å². The van der Waals surface area contributed by atoms with Gasteiger partial charge in [0, 0.05) is 15.4 Å². The summed E-state index contributed by atoms with van der Waals surface area (Å²) in [5, 5.41) is 5.86. The summed E-state index contributed by atoms with van der Waals surface area (Å²) < 4.78 is 14.7. The van der Waals surface area contributed by atoms with Gasteiger partial charge in [-0.2, -0.15) is 9.78 Å². The van der Waals surface area contributed by atoms with Gasteiger partial charge in [0.25, 0.3) is 5.56 Å². The molecule has 0 N–H and O–H groups in total. The zero-order chi connectivity index (χ0) is 26.6. The van der Waals surface area contributed by atoms with Crippen LogP contribution < -0.4 is 15.0 Å². The van der Waals surface area contributed by atoms with Gasteiger partial charge in [-0.15, -0.1) is 0 Å². The third-order valence-electron chi connectivity index (χ3n) is 6.67. The first-order chi connectivity index (χ1) is 18.4. The average Bonchev–Trinajstić information content (AvgIpc) is 2.93. The first kappa shape index (κ1) is 26.9. The van der Waals surface area contributed by atoms with E-state index < -0.39 is 0 Å². The Morgan fingerprint density at radius 1 is 1.08 bits per heavy atom. The molecule has 1 aliphatic rings. The Hall–Kier alpha value is -2.68. The molecule has 1 aliphatic carbocycles. The largest absolute Gasteiger partial charge is 0.493 e. The fraction of sp³-hybridized carbons (Fsp3) is 0.276. The van der Waals surface area contributed by atoms with E-state index >= 15 is 0 Å². The molecule has 0 bridgehead atoms. The minimum absolute atomic E-state index is 0.179. The van der Waals surface area contributed by atoms with Crippen molar-refractivity contribution >= 4 is 60.6 Å². The molecule has 38 heavy (non-hydrogen) atoms. The third-order valence-corrected chi connectivity index (χ3v) is 8.01. The lowest BCUT2D eigenvalue weighted by Gasteiger charge is -2.22. The standard InChI is InChI=1S/C29H26Br2ClN3O3/c1-37-26-14-19(13-24(31)27(26)38-17-18-7-10-22(32)11-8-18)16-33-35-28(20-5-3-2-4-6-20)34-25-12-9-21(30)15-23(25)29(35)36/h7-16,20H,2-6,17H2,1H3. The molecule has 0 amide bonds. The number of hydrogen-bond acceptors (Lipinski definition) is 5. The summed E-state index contributed by atoms with van der Waals surface area (Å²) in [6.07, 6.45) is 7.14. The Balaban J connectivity index is 1.49. The molecule has 0 atom stereocenters. The quantitative estimate of drug-likeness (QED) is 0.188. The Bertz CT molecular complexity index is 1550. The van der Waals surface area contributed by atoms with Gasteiger partial charge in [-0.25, -0.2) is 4.98 Å². The molecule has 3 aromatic carbocycles. The van der Waals surface area contributed by atoms with E-state index in [0.29, 0.717) is 38.5 Å². The lowest BCUT2D eigenvalue weighted by atomic mass is 9.88. The van der Waals surface area contributed by atoms with Gasteiger partial charge in [0.15, 0.2) is 11.5 Å². The van der Waals surface area contributed by atoms with Crippen LogP contribution in [0.1, 0.15) is 55.0 Å². The van der Waals surface area contributed by atoms with E-state index in [0.717, 1.165) is 47.1 Å². The Morgan fingerprint density at radius 3 is 2.58 bits per heavy atom. The van der Waals surface area contributed by atoms with Gasteiger partial charge in [-0.1, -0.05) is 58.9 Å². The molecule has 0 spiro atoms. The highest BCUT2D eigenvalue weighted by Gasteiger charge is 2.22. The van der Waals surface area contributed by atoms with Crippen molar-refractivity contribution < 1.29 is 9.47 Å². The predicted molar refractivity (Wildman–Crippen MR) is 159 cm³/mol. The van der Waals surface area contributed by atoms with Crippen LogP contribution in [0.4, 0.5) is 0 Å². The molecule has 0 aliphatic heterocycles. The Labute approximate surface area is 242 Å². The van der Waals surface area contributed by atoms with Crippen LogP contribution in [0, 0.1) is 0 Å². The van der Waals surface area contributed by atoms with Crippen molar-refractivity contribution in [3.05, 3.63) is 95.9 Å². The maximum Gasteiger partial charge on any atom is 0.282 e. The summed E-state index contributed by atoms with van der Waals surface area (Å²) in [6, 6.07) is 16.8. The molecule has 0 saturated heterocycles. The number of methoxy groups -OCH3 is 1. The fourth-order valence-electron chi connectivity index (χ4n) is 4.72. The Kier molecular flexibility index (Phi) is 8.51. The van der Waals surface area contributed by atoms with Crippen LogP contribution in [-0.4, -0.2) is 23.0 Å². The van der Waals surface area contributed by atoms with Gasteiger partial charge in [-0.05, 0) is 82.4 Å². The second-order valence-corrected chi connectivity index (χ2v) is 11.5. The summed E-state index contributed by atoms with van der Waals surface area (Å²) in [6.45, 7) is 0.359. The van der Waals surface area contributed by atoms with E-state index in [9.17, 15) is 4.79 Å². The number of ether oxygens (including phenoxy) is 2. The second kappa shape index (κ2) is 12.0. The number of nitrogens with zero attached hydrogens (tertiary/aromatic N) is 3. The molecule has 9 heteroatoms. The van der Waals surface area contributed by atoms with Crippen LogP contribution in [0.5, 0.6) is 11.5 Å². The SMILES string of the molecule is COc1cc(C=Nn2c(C3CCCCC3)nc3ccc(Br)cc3c2=O)cc(Br)c1OCc1ccc(Cl)cc1. The fourth-order valence-corrected chi connectivity index (χ4v) is 5.78. The predicted octanol–water partition coefficient (Wildman–Crippen LogP) is 8.09. The van der Waals surface area contributed by atoms with Crippen LogP contribution in [-0.2, 0) is 6.61 Å². The maximum absolute atomic E-state index is 13.6. The number of halogens is 3. The molecule has 1 heterocycles. The van der Waals surface area contributed by atoms with E-state index in [1.54, 1.807) is 19.4 Å². The van der Waals surface area contributed by atoms with Gasteiger partial charge >= 0.3 is 0 Å². The smallest absolute Gasteiger partial charge is 0.282 e. The number of benzene rings is 3. The molecule has 1 saturated carbocycles. The number of rotatable bonds is 7. The minimum Gasteiger partial charge on any atom is -0.493 e. The minimum atomic E-state index is -0.179. The average molecular weight is 660 g/mol. The van der Waals surface area contributed by atoms with E-state index in [4.69, 9.17) is 26.1 Å². The van der Waals surface area contributed by atoms with Crippen LogP contribution in [0.25, 0.3) is 10.9 Å². The second-order valence-electron chi connectivity index (χ2n) is 9.28. The first-order valence-electron chi connectivity index (χ1n) is 12.4. The highest BCUT2D eigenvalue weighted by atomic mass is 79.9. The van der Waals surface area contributed by atoms with Crippen molar-refractivity contribution in [2.24, 2.45) is 5.10 Å². The normalized spacial score (nSPS) is 14.3. The molecule has 196 valence electrons. The van der Waals surface area contributed by atoms with E-state index in [2.05, 4.69) is 37.0 Å². The number of aromatic nitrogens is 2. The van der Waals surface area contributed by atoms with Crippen molar-refractivity contribution in [1.29, 1.82) is 0 Å². The lowest BCUT2D eigenvalue weighted by Crippen LogP contribution is -2.25. The number of fused-ring (bicyclic) bond motifs is 1. The van der Waals surface area contributed by atoms with Crippen molar-refractivity contribution in [2.75, 3.05) is 7.11 Å². The topological polar surface area (TPSA) is 65.7 Å². The summed E-state index contributed by atoms with van der Waals surface area (Å²) in [7, 11) is 1.59. The lowest BCUT2D eigenvalue weighted by molar-refractivity contribution is 0.282. The third kappa shape index (κ3) is 5.98. The highest BCUT2D eigenvalue weighted by molar-refractivity contribution is 9.10. The maximum atomic E-state index is 13.6. The summed E-state index contributed by atoms with van der Waals surface area (Å²) in [5.41, 5.74) is 2.25. The van der Waals surface area contributed by atoms with Crippen molar-refractivity contribution in [2.45, 2.75) is 44.6 Å². The van der Waals surface area contributed by atoms with Crippen LogP contribution in [0.15, 0.2) is 73.4 Å². The molecule has 1 aromatic heterocycles. The van der Waals surface area contributed by atoms with Crippen molar-refractivity contribution in [3.63, 3.8) is 0 Å². The van der Waals surface area contributed by atoms with Gasteiger partial charge in [0.05, 0.1) is 28.7 Å². The van der Waals surface area contributed by atoms with Gasteiger partial charge in [0.2, 0.25) is 0 Å². The monoisotopic (exact) mass is 657 g/mol. The van der Waals surface area contributed by atoms with Crippen molar-refractivity contribution in [1.82, 2.24) is 9.66 Å². The van der Waals surface area contributed by atoms with E-state index in [1.807, 2.05) is 48.5 Å². The van der Waals surface area contributed by atoms with Crippen LogP contribution >= 0.6 is 43.5 Å². The summed E-state index contributed by atoms with van der Waals surface area (Å²) in [4.78, 5) is 18.5. The van der Waals surface area contributed by atoms with Crippen LogP contribution in [0.3, 0.4) is 0 Å². The summed E-state index contributed by atoms with van der Waals surface area (Å²) >= 11 is 13.1. The molecule has 0 unspecified atom stereocenters. The molecule has 6 nitrogen and oxygen atoms in total. The molecule has 1 fully saturated rings. The molecular formula is C29H26Br2ClN3O3. The molecular weight excluding hydrogens is 634 g/mol. The molecule has 4 aromatic rings. The molecule has 5 rings (SSSR count). The Morgan fingerprint density at radius 2 is 1.84 bits per heavy atom. The van der Waals surface area contributed by atoms with Gasteiger partial charge in [0.1, 0.15) is 12.4 Å². The first-order valence-corrected chi connectivity index (χ1v) is 14.4. The van der Waals surface area contributed by atoms with E-state index in [-0.39, 0.29) is 11.5 Å². The number of hydrogen-bond donors (Lipinski definition) is 0. The van der Waals surface area contributed by atoms with Gasteiger partial charge < -0.3 is 9.47 Å².